The smallest absolute Gasteiger partial charge is 0.339 e. The third-order valence-electron chi connectivity index (χ3n) is 5.87. The lowest BCUT2D eigenvalue weighted by atomic mass is 9.86. The van der Waals surface area contributed by atoms with Crippen LogP contribution in [0.1, 0.15) is 60.9 Å². The minimum Gasteiger partial charge on any atom is -0.339 e. The average Bonchev–Trinajstić information content (AvgIpc) is 2.72. The SMILES string of the molecule is O=C(CCC1CCCCC1)N1CCN(C(=O)c2ccc(C(F)(F)F)cc2)CC1. The molecule has 1 heterocycles. The maximum Gasteiger partial charge on any atom is 0.416 e. The summed E-state index contributed by atoms with van der Waals surface area (Å²) in [6.07, 6.45) is 3.39. The summed E-state index contributed by atoms with van der Waals surface area (Å²) in [6.45, 7) is 1.79. The number of alkyl halides is 3. The van der Waals surface area contributed by atoms with Crippen LogP contribution in [0, 0.1) is 5.92 Å². The number of hydrogen-bond donors (Lipinski definition) is 0. The second kappa shape index (κ2) is 8.97. The van der Waals surface area contributed by atoms with Crippen LogP contribution in [0.3, 0.4) is 0 Å². The van der Waals surface area contributed by atoms with E-state index in [0.717, 1.165) is 18.6 Å². The van der Waals surface area contributed by atoms with Crippen LogP contribution < -0.4 is 0 Å². The maximum atomic E-state index is 12.6. The van der Waals surface area contributed by atoms with E-state index in [1.54, 1.807) is 9.80 Å². The molecule has 0 atom stereocenters. The highest BCUT2D eigenvalue weighted by Crippen LogP contribution is 2.29. The summed E-state index contributed by atoms with van der Waals surface area (Å²) >= 11 is 0. The van der Waals surface area contributed by atoms with Gasteiger partial charge in [-0.15, -0.1) is 0 Å². The standard InChI is InChI=1S/C21H27F3N2O2/c22-21(23,24)18-9-7-17(8-10-18)20(28)26-14-12-25(13-15-26)19(27)11-6-16-4-2-1-3-5-16/h7-10,16H,1-6,11-15H2. The fraction of sp³-hybridized carbons (Fsp3) is 0.619. The van der Waals surface area contributed by atoms with Gasteiger partial charge in [0.1, 0.15) is 0 Å². The Morgan fingerprint density at radius 3 is 2.04 bits per heavy atom. The van der Waals surface area contributed by atoms with Gasteiger partial charge in [0.2, 0.25) is 5.91 Å². The minimum absolute atomic E-state index is 0.146. The zero-order chi connectivity index (χ0) is 20.1. The molecule has 1 aliphatic carbocycles. The molecule has 0 unspecified atom stereocenters. The van der Waals surface area contributed by atoms with Gasteiger partial charge in [-0.1, -0.05) is 32.1 Å². The van der Waals surface area contributed by atoms with Gasteiger partial charge in [-0.25, -0.2) is 0 Å². The van der Waals surface area contributed by atoms with Crippen LogP contribution in [0.15, 0.2) is 24.3 Å². The van der Waals surface area contributed by atoms with Gasteiger partial charge in [0, 0.05) is 38.2 Å². The van der Waals surface area contributed by atoms with E-state index in [2.05, 4.69) is 0 Å². The zero-order valence-electron chi connectivity index (χ0n) is 16.0. The molecule has 0 bridgehead atoms. The normalized spacial score (nSPS) is 19.0. The Morgan fingerprint density at radius 2 is 1.46 bits per heavy atom. The molecule has 3 rings (SSSR count). The number of halogens is 3. The highest BCUT2D eigenvalue weighted by atomic mass is 19.4. The van der Waals surface area contributed by atoms with Crippen molar-refractivity contribution in [3.05, 3.63) is 35.4 Å². The van der Waals surface area contributed by atoms with Crippen molar-refractivity contribution >= 4 is 11.8 Å². The number of carbonyl (C=O) groups is 2. The Balaban J connectivity index is 1.46. The summed E-state index contributed by atoms with van der Waals surface area (Å²) in [7, 11) is 0. The van der Waals surface area contributed by atoms with Gasteiger partial charge >= 0.3 is 6.18 Å². The average molecular weight is 396 g/mol. The fourth-order valence-electron chi connectivity index (χ4n) is 4.10. The summed E-state index contributed by atoms with van der Waals surface area (Å²) in [5, 5.41) is 0. The predicted octanol–water partition coefficient (Wildman–Crippen LogP) is 4.35. The molecule has 28 heavy (non-hydrogen) atoms. The van der Waals surface area contributed by atoms with E-state index in [-0.39, 0.29) is 17.4 Å². The first-order chi connectivity index (χ1) is 13.3. The third-order valence-corrected chi connectivity index (χ3v) is 5.87. The van der Waals surface area contributed by atoms with Crippen LogP contribution in [0.5, 0.6) is 0 Å². The Morgan fingerprint density at radius 1 is 0.893 bits per heavy atom. The Bertz CT molecular complexity index is 674. The number of nitrogens with zero attached hydrogens (tertiary/aromatic N) is 2. The van der Waals surface area contributed by atoms with Crippen LogP contribution in [-0.2, 0) is 11.0 Å². The van der Waals surface area contributed by atoms with Crippen molar-refractivity contribution in [1.29, 1.82) is 0 Å². The molecule has 154 valence electrons. The number of amides is 2. The number of piperazine rings is 1. The van der Waals surface area contributed by atoms with E-state index >= 15 is 0 Å². The predicted molar refractivity (Wildman–Crippen MR) is 99.7 cm³/mol. The number of carbonyl (C=O) groups excluding carboxylic acids is 2. The van der Waals surface area contributed by atoms with E-state index in [9.17, 15) is 22.8 Å². The molecule has 1 saturated heterocycles. The summed E-state index contributed by atoms with van der Waals surface area (Å²) in [4.78, 5) is 28.4. The van der Waals surface area contributed by atoms with Crippen LogP contribution in [-0.4, -0.2) is 47.8 Å². The van der Waals surface area contributed by atoms with Crippen molar-refractivity contribution in [2.24, 2.45) is 5.92 Å². The van der Waals surface area contributed by atoms with E-state index in [0.29, 0.717) is 38.5 Å². The molecule has 2 fully saturated rings. The molecular weight excluding hydrogens is 369 g/mol. The van der Waals surface area contributed by atoms with Gasteiger partial charge < -0.3 is 9.80 Å². The molecule has 4 nitrogen and oxygen atoms in total. The summed E-state index contributed by atoms with van der Waals surface area (Å²) < 4.78 is 37.9. The van der Waals surface area contributed by atoms with E-state index in [4.69, 9.17) is 0 Å². The van der Waals surface area contributed by atoms with Gasteiger partial charge in [-0.3, -0.25) is 9.59 Å². The molecule has 2 amide bonds. The van der Waals surface area contributed by atoms with Gasteiger partial charge in [0.05, 0.1) is 5.56 Å². The van der Waals surface area contributed by atoms with Gasteiger partial charge in [-0.2, -0.15) is 13.2 Å². The van der Waals surface area contributed by atoms with Crippen molar-refractivity contribution in [3.8, 4) is 0 Å². The molecule has 1 saturated carbocycles. The van der Waals surface area contributed by atoms with E-state index < -0.39 is 11.7 Å². The first-order valence-electron chi connectivity index (χ1n) is 10.1. The van der Waals surface area contributed by atoms with Crippen molar-refractivity contribution in [2.45, 2.75) is 51.1 Å². The lowest BCUT2D eigenvalue weighted by molar-refractivity contribution is -0.137. The van der Waals surface area contributed by atoms with E-state index in [1.807, 2.05) is 0 Å². The van der Waals surface area contributed by atoms with E-state index in [1.165, 1.54) is 44.2 Å². The first-order valence-corrected chi connectivity index (χ1v) is 10.1. The third kappa shape index (κ3) is 5.26. The number of rotatable bonds is 4. The number of benzene rings is 1. The van der Waals surface area contributed by atoms with Crippen molar-refractivity contribution in [1.82, 2.24) is 9.80 Å². The fourth-order valence-corrected chi connectivity index (χ4v) is 4.10. The Kier molecular flexibility index (Phi) is 6.62. The highest BCUT2D eigenvalue weighted by Gasteiger charge is 2.31. The van der Waals surface area contributed by atoms with Crippen LogP contribution in [0.25, 0.3) is 0 Å². The van der Waals surface area contributed by atoms with Gasteiger partial charge in [0.25, 0.3) is 5.91 Å². The molecule has 7 heteroatoms. The molecule has 1 aromatic rings. The topological polar surface area (TPSA) is 40.6 Å². The van der Waals surface area contributed by atoms with Crippen molar-refractivity contribution in [3.63, 3.8) is 0 Å². The summed E-state index contributed by atoms with van der Waals surface area (Å²) in [5.74, 6) is 0.524. The van der Waals surface area contributed by atoms with Crippen molar-refractivity contribution < 1.29 is 22.8 Å². The molecule has 1 aromatic carbocycles. The lowest BCUT2D eigenvalue weighted by Gasteiger charge is -2.35. The van der Waals surface area contributed by atoms with Gasteiger partial charge in [-0.05, 0) is 36.6 Å². The van der Waals surface area contributed by atoms with Crippen LogP contribution in [0.4, 0.5) is 13.2 Å². The molecule has 2 aliphatic rings. The second-order valence-electron chi connectivity index (χ2n) is 7.79. The highest BCUT2D eigenvalue weighted by molar-refractivity contribution is 5.94. The quantitative estimate of drug-likeness (QED) is 0.759. The zero-order valence-corrected chi connectivity index (χ0v) is 16.0. The minimum atomic E-state index is -4.41. The lowest BCUT2D eigenvalue weighted by Crippen LogP contribution is -2.50. The Labute approximate surface area is 163 Å². The van der Waals surface area contributed by atoms with Gasteiger partial charge in [0.15, 0.2) is 0 Å². The molecular formula is C21H27F3N2O2. The molecule has 0 radical (unpaired) electrons. The summed E-state index contributed by atoms with van der Waals surface area (Å²) in [6, 6.07) is 4.29. The molecule has 0 aromatic heterocycles. The van der Waals surface area contributed by atoms with Crippen molar-refractivity contribution in [2.75, 3.05) is 26.2 Å². The van der Waals surface area contributed by atoms with Crippen LogP contribution >= 0.6 is 0 Å². The largest absolute Gasteiger partial charge is 0.416 e. The molecule has 1 aliphatic heterocycles. The monoisotopic (exact) mass is 396 g/mol. The molecule has 0 N–H and O–H groups in total. The number of hydrogen-bond acceptors (Lipinski definition) is 2. The first kappa shape index (κ1) is 20.7. The summed E-state index contributed by atoms with van der Waals surface area (Å²) in [5.41, 5.74) is -0.525. The van der Waals surface area contributed by atoms with Crippen LogP contribution in [0.2, 0.25) is 0 Å². The molecule has 0 spiro atoms. The Hall–Kier alpha value is -2.05. The second-order valence-corrected chi connectivity index (χ2v) is 7.79. The maximum absolute atomic E-state index is 12.6.